The predicted octanol–water partition coefficient (Wildman–Crippen LogP) is 3.36. The van der Waals surface area contributed by atoms with Gasteiger partial charge in [-0.2, -0.15) is 0 Å². The van der Waals surface area contributed by atoms with E-state index in [1.54, 1.807) is 29.8 Å². The maximum atomic E-state index is 14.0. The molecule has 1 aliphatic rings. The van der Waals surface area contributed by atoms with Crippen LogP contribution in [0.5, 0.6) is 0 Å². The van der Waals surface area contributed by atoms with Crippen molar-refractivity contribution >= 4 is 17.7 Å². The maximum Gasteiger partial charge on any atom is 0.235 e. The quantitative estimate of drug-likeness (QED) is 0.783. The van der Waals surface area contributed by atoms with Crippen LogP contribution in [-0.2, 0) is 11.8 Å². The Kier molecular flexibility index (Phi) is 5.42. The third-order valence-corrected chi connectivity index (χ3v) is 5.80. The number of aromatic nitrogens is 3. The summed E-state index contributed by atoms with van der Waals surface area (Å²) in [6, 6.07) is 6.49. The lowest BCUT2D eigenvalue weighted by Crippen LogP contribution is -2.41. The topological polar surface area (TPSA) is 51.0 Å². The number of hydrogen-bond donors (Lipinski definition) is 0. The molecule has 0 radical (unpaired) electrons. The van der Waals surface area contributed by atoms with Crippen molar-refractivity contribution in [1.29, 1.82) is 0 Å². The van der Waals surface area contributed by atoms with Gasteiger partial charge in [0, 0.05) is 20.1 Å². The first kappa shape index (κ1) is 17.9. The molecule has 5 nitrogen and oxygen atoms in total. The highest BCUT2D eigenvalue weighted by molar-refractivity contribution is 8.00. The highest BCUT2D eigenvalue weighted by Gasteiger charge is 2.26. The summed E-state index contributed by atoms with van der Waals surface area (Å²) in [5.74, 6) is 0.953. The number of carbonyl (C=O) groups is 1. The third-order valence-electron chi connectivity index (χ3n) is 4.67. The number of thioether (sulfide) groups is 1. The van der Waals surface area contributed by atoms with Crippen molar-refractivity contribution in [2.24, 2.45) is 13.0 Å². The van der Waals surface area contributed by atoms with Crippen LogP contribution in [0, 0.1) is 11.7 Å². The summed E-state index contributed by atoms with van der Waals surface area (Å²) in [6.07, 6.45) is 2.12. The Morgan fingerprint density at radius 3 is 2.64 bits per heavy atom. The zero-order valence-corrected chi connectivity index (χ0v) is 15.6. The summed E-state index contributed by atoms with van der Waals surface area (Å²) in [4.78, 5) is 14.6. The van der Waals surface area contributed by atoms with E-state index in [-0.39, 0.29) is 17.0 Å². The summed E-state index contributed by atoms with van der Waals surface area (Å²) in [6.45, 7) is 5.76. The standard InChI is InChI=1S/C18H23FN4OS/c1-12-8-10-23(11-9-12)17(24)13(2)25-18-21-20-16(22(18)3)14-6-4-5-7-15(14)19/h4-7,12-13H,8-11H2,1-3H3/t13-/m0/s1. The number of benzene rings is 1. The second-order valence-electron chi connectivity index (χ2n) is 6.61. The molecule has 1 atom stereocenters. The maximum absolute atomic E-state index is 14.0. The Morgan fingerprint density at radius 1 is 1.28 bits per heavy atom. The van der Waals surface area contributed by atoms with Gasteiger partial charge in [-0.3, -0.25) is 4.79 Å². The molecule has 7 heteroatoms. The van der Waals surface area contributed by atoms with Crippen molar-refractivity contribution in [3.05, 3.63) is 30.1 Å². The minimum Gasteiger partial charge on any atom is -0.342 e. The van der Waals surface area contributed by atoms with Crippen LogP contribution in [-0.4, -0.2) is 43.9 Å². The van der Waals surface area contributed by atoms with Gasteiger partial charge in [0.2, 0.25) is 5.91 Å². The molecule has 0 bridgehead atoms. The lowest BCUT2D eigenvalue weighted by molar-refractivity contribution is -0.131. The van der Waals surface area contributed by atoms with Crippen LogP contribution in [0.3, 0.4) is 0 Å². The molecular formula is C18H23FN4OS. The van der Waals surface area contributed by atoms with Gasteiger partial charge in [0.05, 0.1) is 10.8 Å². The molecule has 2 heterocycles. The summed E-state index contributed by atoms with van der Waals surface area (Å²) < 4.78 is 15.7. The molecule has 0 N–H and O–H groups in total. The number of nitrogens with zero attached hydrogens (tertiary/aromatic N) is 4. The Labute approximate surface area is 151 Å². The molecule has 1 aromatic carbocycles. The molecule has 25 heavy (non-hydrogen) atoms. The van der Waals surface area contributed by atoms with Crippen molar-refractivity contribution < 1.29 is 9.18 Å². The van der Waals surface area contributed by atoms with Crippen LogP contribution in [0.1, 0.15) is 26.7 Å². The monoisotopic (exact) mass is 362 g/mol. The molecule has 134 valence electrons. The van der Waals surface area contributed by atoms with Crippen molar-refractivity contribution in [2.75, 3.05) is 13.1 Å². The van der Waals surface area contributed by atoms with Gasteiger partial charge < -0.3 is 9.47 Å². The second-order valence-corrected chi connectivity index (χ2v) is 7.92. The molecule has 1 fully saturated rings. The van der Waals surface area contributed by atoms with Crippen LogP contribution in [0.4, 0.5) is 4.39 Å². The SMILES string of the molecule is CC1CCN(C(=O)[C@H](C)Sc2nnc(-c3ccccc3F)n2C)CC1. The molecule has 3 rings (SSSR count). The largest absolute Gasteiger partial charge is 0.342 e. The smallest absolute Gasteiger partial charge is 0.235 e. The summed E-state index contributed by atoms with van der Waals surface area (Å²) in [5, 5.41) is 8.63. The Hall–Kier alpha value is -1.89. The molecule has 1 aliphatic heterocycles. The first-order valence-electron chi connectivity index (χ1n) is 8.57. The molecule has 0 aliphatic carbocycles. The Bertz CT molecular complexity index is 755. The van der Waals surface area contributed by atoms with E-state index in [4.69, 9.17) is 0 Å². The first-order chi connectivity index (χ1) is 12.0. The minimum atomic E-state index is -0.332. The van der Waals surface area contributed by atoms with Crippen LogP contribution >= 0.6 is 11.8 Å². The summed E-state index contributed by atoms with van der Waals surface area (Å²) >= 11 is 1.37. The molecule has 1 saturated heterocycles. The average Bonchev–Trinajstić information content (AvgIpc) is 2.96. The number of amides is 1. The number of rotatable bonds is 4. The number of likely N-dealkylation sites (tertiary alicyclic amines) is 1. The summed E-state index contributed by atoms with van der Waals surface area (Å²) in [5.41, 5.74) is 0.411. The van der Waals surface area contributed by atoms with Gasteiger partial charge in [0.25, 0.3) is 0 Å². The van der Waals surface area contributed by atoms with Gasteiger partial charge in [-0.1, -0.05) is 30.8 Å². The minimum absolute atomic E-state index is 0.132. The number of hydrogen-bond acceptors (Lipinski definition) is 4. The molecular weight excluding hydrogens is 339 g/mol. The molecule has 0 spiro atoms. The van der Waals surface area contributed by atoms with Gasteiger partial charge >= 0.3 is 0 Å². The lowest BCUT2D eigenvalue weighted by Gasteiger charge is -2.31. The fraction of sp³-hybridized carbons (Fsp3) is 0.500. The first-order valence-corrected chi connectivity index (χ1v) is 9.45. The van der Waals surface area contributed by atoms with E-state index >= 15 is 0 Å². The van der Waals surface area contributed by atoms with Crippen molar-refractivity contribution in [1.82, 2.24) is 19.7 Å². The molecule has 1 amide bonds. The zero-order valence-electron chi connectivity index (χ0n) is 14.8. The second kappa shape index (κ2) is 7.56. The van der Waals surface area contributed by atoms with Crippen molar-refractivity contribution in [2.45, 2.75) is 37.1 Å². The predicted molar refractivity (Wildman–Crippen MR) is 96.7 cm³/mol. The Morgan fingerprint density at radius 2 is 1.96 bits per heavy atom. The van der Waals surface area contributed by atoms with Gasteiger partial charge in [-0.25, -0.2) is 4.39 Å². The molecule has 0 unspecified atom stereocenters. The van der Waals surface area contributed by atoms with E-state index < -0.39 is 0 Å². The fourth-order valence-electron chi connectivity index (χ4n) is 2.99. The fourth-order valence-corrected chi connectivity index (χ4v) is 3.89. The van der Waals surface area contributed by atoms with Gasteiger partial charge in [0.15, 0.2) is 11.0 Å². The van der Waals surface area contributed by atoms with Crippen molar-refractivity contribution in [3.8, 4) is 11.4 Å². The van der Waals surface area contributed by atoms with Gasteiger partial charge in [-0.15, -0.1) is 10.2 Å². The van der Waals surface area contributed by atoms with Gasteiger partial charge in [-0.05, 0) is 37.8 Å². The van der Waals surface area contributed by atoms with Crippen molar-refractivity contribution in [3.63, 3.8) is 0 Å². The number of carbonyl (C=O) groups excluding carboxylic acids is 1. The van der Waals surface area contributed by atoms with E-state index in [0.29, 0.717) is 22.5 Å². The average molecular weight is 362 g/mol. The number of halogens is 1. The van der Waals surface area contributed by atoms with E-state index in [1.165, 1.54) is 17.8 Å². The number of piperidine rings is 1. The van der Waals surface area contributed by atoms with Gasteiger partial charge in [0.1, 0.15) is 5.82 Å². The van der Waals surface area contributed by atoms with Crippen LogP contribution < -0.4 is 0 Å². The normalized spacial score (nSPS) is 16.9. The molecule has 1 aromatic heterocycles. The highest BCUT2D eigenvalue weighted by atomic mass is 32.2. The van der Waals surface area contributed by atoms with E-state index in [9.17, 15) is 9.18 Å². The Balaban J connectivity index is 1.71. The van der Waals surface area contributed by atoms with Crippen LogP contribution in [0.2, 0.25) is 0 Å². The van der Waals surface area contributed by atoms with E-state index in [0.717, 1.165) is 25.9 Å². The van der Waals surface area contributed by atoms with Crippen LogP contribution in [0.15, 0.2) is 29.4 Å². The zero-order chi connectivity index (χ0) is 18.0. The summed E-state index contributed by atoms with van der Waals surface area (Å²) in [7, 11) is 1.80. The lowest BCUT2D eigenvalue weighted by atomic mass is 9.99. The molecule has 0 saturated carbocycles. The highest BCUT2D eigenvalue weighted by Crippen LogP contribution is 2.28. The molecule has 2 aromatic rings. The van der Waals surface area contributed by atoms with E-state index in [2.05, 4.69) is 17.1 Å². The third kappa shape index (κ3) is 3.86. The van der Waals surface area contributed by atoms with Crippen LogP contribution in [0.25, 0.3) is 11.4 Å². The van der Waals surface area contributed by atoms with E-state index in [1.807, 2.05) is 11.8 Å².